The molecule has 0 fully saturated rings. The molecule has 1 atom stereocenters. The van der Waals surface area contributed by atoms with Gasteiger partial charge in [0.2, 0.25) is 0 Å². The molecule has 0 aliphatic rings. The standard InChI is InChI=1S/C14H23N/c1-5-9-10-13(6-2)14(7-3)11-12-15-8-4/h7-8,11-13H,3-6,9-10H2,1-2H3/b14-11+,15-12-. The molecular formula is C14H23N. The molecule has 0 aromatic heterocycles. The van der Waals surface area contributed by atoms with Gasteiger partial charge in [0.1, 0.15) is 0 Å². The van der Waals surface area contributed by atoms with E-state index >= 15 is 0 Å². The van der Waals surface area contributed by atoms with Gasteiger partial charge in [-0.05, 0) is 30.4 Å². The Kier molecular flexibility index (Phi) is 8.75. The zero-order valence-electron chi connectivity index (χ0n) is 10.1. The van der Waals surface area contributed by atoms with Crippen molar-refractivity contribution in [2.75, 3.05) is 0 Å². The van der Waals surface area contributed by atoms with Gasteiger partial charge in [-0.1, -0.05) is 45.9 Å². The molecule has 1 heteroatoms. The molecule has 0 N–H and O–H groups in total. The minimum atomic E-state index is 0.624. The maximum atomic E-state index is 3.97. The maximum Gasteiger partial charge on any atom is 0.0270 e. The number of nitrogens with zero attached hydrogens (tertiary/aromatic N) is 1. The second-order valence-electron chi connectivity index (χ2n) is 3.60. The van der Waals surface area contributed by atoms with Gasteiger partial charge in [0, 0.05) is 12.4 Å². The number of hydrogen-bond donors (Lipinski definition) is 0. The molecule has 1 nitrogen and oxygen atoms in total. The molecule has 84 valence electrons. The van der Waals surface area contributed by atoms with Crippen LogP contribution in [0.3, 0.4) is 0 Å². The van der Waals surface area contributed by atoms with E-state index in [2.05, 4.69) is 32.0 Å². The normalized spacial score (nSPS) is 14.1. The highest BCUT2D eigenvalue weighted by atomic mass is 14.6. The van der Waals surface area contributed by atoms with Gasteiger partial charge in [0.15, 0.2) is 0 Å². The van der Waals surface area contributed by atoms with Crippen LogP contribution >= 0.6 is 0 Å². The lowest BCUT2D eigenvalue weighted by Gasteiger charge is -2.15. The molecule has 0 saturated heterocycles. The van der Waals surface area contributed by atoms with Crippen molar-refractivity contribution < 1.29 is 0 Å². The number of rotatable bonds is 8. The van der Waals surface area contributed by atoms with Crippen LogP contribution in [0.2, 0.25) is 0 Å². The van der Waals surface area contributed by atoms with E-state index in [1.807, 2.05) is 12.2 Å². The van der Waals surface area contributed by atoms with E-state index in [4.69, 9.17) is 0 Å². The van der Waals surface area contributed by atoms with Crippen LogP contribution in [0.1, 0.15) is 39.5 Å². The predicted molar refractivity (Wildman–Crippen MR) is 70.3 cm³/mol. The Balaban J connectivity index is 4.44. The lowest BCUT2D eigenvalue weighted by molar-refractivity contribution is 0.524. The molecule has 1 unspecified atom stereocenters. The van der Waals surface area contributed by atoms with Crippen LogP contribution in [-0.4, -0.2) is 6.21 Å². The van der Waals surface area contributed by atoms with Crippen LogP contribution in [0, 0.1) is 5.92 Å². The van der Waals surface area contributed by atoms with E-state index < -0.39 is 0 Å². The summed E-state index contributed by atoms with van der Waals surface area (Å²) in [6.07, 6.45) is 12.3. The first kappa shape index (κ1) is 13.9. The van der Waals surface area contributed by atoms with Crippen LogP contribution in [-0.2, 0) is 0 Å². The second-order valence-corrected chi connectivity index (χ2v) is 3.60. The van der Waals surface area contributed by atoms with Gasteiger partial charge in [-0.25, -0.2) is 0 Å². The van der Waals surface area contributed by atoms with Gasteiger partial charge in [-0.3, -0.25) is 4.99 Å². The highest BCUT2D eigenvalue weighted by Gasteiger charge is 2.07. The lowest BCUT2D eigenvalue weighted by atomic mass is 9.91. The molecule has 0 rings (SSSR count). The number of hydrogen-bond acceptors (Lipinski definition) is 1. The Morgan fingerprint density at radius 2 is 2.07 bits per heavy atom. The van der Waals surface area contributed by atoms with E-state index in [0.717, 1.165) is 0 Å². The molecule has 0 bridgehead atoms. The first-order valence-electron chi connectivity index (χ1n) is 5.76. The first-order chi connectivity index (χ1) is 7.29. The van der Waals surface area contributed by atoms with E-state index in [1.54, 1.807) is 12.4 Å². The highest BCUT2D eigenvalue weighted by Crippen LogP contribution is 2.21. The molecule has 15 heavy (non-hydrogen) atoms. The molecule has 0 aromatic rings. The Hall–Kier alpha value is -1.11. The molecular weight excluding hydrogens is 182 g/mol. The summed E-state index contributed by atoms with van der Waals surface area (Å²) in [5.41, 5.74) is 1.29. The number of aliphatic imine (C=N–C) groups is 1. The summed E-state index contributed by atoms with van der Waals surface area (Å²) in [7, 11) is 0. The minimum absolute atomic E-state index is 0.624. The zero-order chi connectivity index (χ0) is 11.5. The summed E-state index contributed by atoms with van der Waals surface area (Å²) in [6, 6.07) is 0. The summed E-state index contributed by atoms with van der Waals surface area (Å²) in [5, 5.41) is 0. The molecule has 0 heterocycles. The summed E-state index contributed by atoms with van der Waals surface area (Å²) < 4.78 is 0. The fourth-order valence-corrected chi connectivity index (χ4v) is 1.62. The van der Waals surface area contributed by atoms with Crippen molar-refractivity contribution in [3.8, 4) is 0 Å². The average Bonchev–Trinajstić information content (AvgIpc) is 2.27. The van der Waals surface area contributed by atoms with E-state index in [-0.39, 0.29) is 0 Å². The third-order valence-corrected chi connectivity index (χ3v) is 2.56. The number of unbranched alkanes of at least 4 members (excludes halogenated alkanes) is 1. The van der Waals surface area contributed by atoms with E-state index in [0.29, 0.717) is 5.92 Å². The SMILES string of the molecule is C=C/N=C\C=C(/C=C)C(CC)CCCC. The van der Waals surface area contributed by atoms with Crippen molar-refractivity contribution in [3.05, 3.63) is 37.1 Å². The molecule has 0 spiro atoms. The Labute approximate surface area is 94.3 Å². The second kappa shape index (κ2) is 9.45. The van der Waals surface area contributed by atoms with Crippen LogP contribution < -0.4 is 0 Å². The minimum Gasteiger partial charge on any atom is -0.265 e. The lowest BCUT2D eigenvalue weighted by Crippen LogP contribution is -2.01. The molecule has 0 amide bonds. The van der Waals surface area contributed by atoms with Gasteiger partial charge < -0.3 is 0 Å². The fraction of sp³-hybridized carbons (Fsp3) is 0.500. The van der Waals surface area contributed by atoms with E-state index in [9.17, 15) is 0 Å². The van der Waals surface area contributed by atoms with Crippen molar-refractivity contribution in [1.82, 2.24) is 0 Å². The van der Waals surface area contributed by atoms with Gasteiger partial charge in [-0.2, -0.15) is 0 Å². The average molecular weight is 205 g/mol. The van der Waals surface area contributed by atoms with Gasteiger partial charge in [0.05, 0.1) is 0 Å². The zero-order valence-corrected chi connectivity index (χ0v) is 10.1. The van der Waals surface area contributed by atoms with Crippen LogP contribution in [0.4, 0.5) is 0 Å². The van der Waals surface area contributed by atoms with Crippen LogP contribution in [0.25, 0.3) is 0 Å². The van der Waals surface area contributed by atoms with E-state index in [1.165, 1.54) is 31.3 Å². The molecule has 0 aliphatic heterocycles. The van der Waals surface area contributed by atoms with Gasteiger partial charge >= 0.3 is 0 Å². The fourth-order valence-electron chi connectivity index (χ4n) is 1.62. The third-order valence-electron chi connectivity index (χ3n) is 2.56. The smallest absolute Gasteiger partial charge is 0.0270 e. The van der Waals surface area contributed by atoms with Crippen molar-refractivity contribution in [2.45, 2.75) is 39.5 Å². The molecule has 0 aliphatic carbocycles. The molecule has 0 radical (unpaired) electrons. The Morgan fingerprint density at radius 3 is 2.53 bits per heavy atom. The van der Waals surface area contributed by atoms with Crippen molar-refractivity contribution in [2.24, 2.45) is 10.9 Å². The molecule has 0 aromatic carbocycles. The van der Waals surface area contributed by atoms with Crippen LogP contribution in [0.15, 0.2) is 42.1 Å². The summed E-state index contributed by atoms with van der Waals surface area (Å²) in [6.45, 7) is 11.9. The van der Waals surface area contributed by atoms with Gasteiger partial charge in [-0.15, -0.1) is 0 Å². The monoisotopic (exact) mass is 205 g/mol. The molecule has 0 saturated carbocycles. The topological polar surface area (TPSA) is 12.4 Å². The van der Waals surface area contributed by atoms with Crippen LogP contribution in [0.5, 0.6) is 0 Å². The van der Waals surface area contributed by atoms with Crippen molar-refractivity contribution in [1.29, 1.82) is 0 Å². The maximum absolute atomic E-state index is 3.97. The Bertz CT molecular complexity index is 236. The number of allylic oxidation sites excluding steroid dienone is 3. The predicted octanol–water partition coefficient (Wildman–Crippen LogP) is 4.53. The quantitative estimate of drug-likeness (QED) is 0.408. The first-order valence-corrected chi connectivity index (χ1v) is 5.76. The van der Waals surface area contributed by atoms with Crippen molar-refractivity contribution in [3.63, 3.8) is 0 Å². The third kappa shape index (κ3) is 6.05. The Morgan fingerprint density at radius 1 is 1.33 bits per heavy atom. The highest BCUT2D eigenvalue weighted by molar-refractivity contribution is 5.73. The van der Waals surface area contributed by atoms with Crippen molar-refractivity contribution >= 4 is 6.21 Å². The van der Waals surface area contributed by atoms with Gasteiger partial charge in [0.25, 0.3) is 0 Å². The summed E-state index contributed by atoms with van der Waals surface area (Å²) >= 11 is 0. The summed E-state index contributed by atoms with van der Waals surface area (Å²) in [5.74, 6) is 0.624. The largest absolute Gasteiger partial charge is 0.265 e. The summed E-state index contributed by atoms with van der Waals surface area (Å²) in [4.78, 5) is 3.97.